The zero-order valence-corrected chi connectivity index (χ0v) is 29.5. The second-order valence-electron chi connectivity index (χ2n) is 13.2. The molecule has 0 aliphatic carbocycles. The van der Waals surface area contributed by atoms with Gasteiger partial charge in [-0.1, -0.05) is 126 Å². The smallest absolute Gasteiger partial charge is 0 e. The Balaban J connectivity index is 0.000000902. The Hall–Kier alpha value is -3.65. The molecule has 48 heavy (non-hydrogen) atoms. The van der Waals surface area contributed by atoms with Crippen LogP contribution in [0.4, 0.5) is 25.2 Å². The Morgan fingerprint density at radius 3 is 1.08 bits per heavy atom. The second kappa shape index (κ2) is 14.5. The molecule has 0 amide bonds. The maximum atomic E-state index is 11.1. The quantitative estimate of drug-likeness (QED) is 0.0860. The molecular weight excluding hydrogens is 692 g/mol. The normalized spacial score (nSPS) is 15.1. The van der Waals surface area contributed by atoms with Crippen LogP contribution in [0.5, 0.6) is 11.5 Å². The largest absolute Gasteiger partial charge is 0 e. The molecule has 4 aromatic carbocycles. The molecule has 2 atom stereocenters. The first-order valence-corrected chi connectivity index (χ1v) is 16.8. The molecule has 4 rings (SSSR count). The van der Waals surface area contributed by atoms with Crippen LogP contribution in [0.2, 0.25) is 0 Å². The fourth-order valence-electron chi connectivity index (χ4n) is 4.86. The zero-order valence-electron chi connectivity index (χ0n) is 27.4. The number of para-hydroxylation sites is 2. The van der Waals surface area contributed by atoms with Crippen molar-refractivity contribution in [2.75, 3.05) is 0 Å². The van der Waals surface area contributed by atoms with Crippen LogP contribution >= 0.6 is 7.81 Å². The summed E-state index contributed by atoms with van der Waals surface area (Å²) in [5.74, 6) is 0.489. The molecule has 0 aromatic heterocycles. The van der Waals surface area contributed by atoms with Crippen molar-refractivity contribution in [3.05, 3.63) is 130 Å². The molecule has 4 aromatic rings. The van der Waals surface area contributed by atoms with Crippen LogP contribution < -0.4 is 0 Å². The third kappa shape index (κ3) is 13.1. The number of aromatic hydroxyl groups is 2. The third-order valence-electron chi connectivity index (χ3n) is 7.08. The number of benzene rings is 4. The van der Waals surface area contributed by atoms with E-state index in [1.165, 1.54) is 0 Å². The van der Waals surface area contributed by atoms with E-state index < -0.39 is 7.81 Å². The summed E-state index contributed by atoms with van der Waals surface area (Å²) in [6.45, 7) is 12.5. The number of phenols is 2. The molecule has 0 bridgehead atoms. The number of rotatable bonds is 7. The average Bonchev–Trinajstić information content (AvgIpc) is 2.94. The van der Waals surface area contributed by atoms with Crippen LogP contribution in [0.15, 0.2) is 107 Å². The molecule has 0 spiro atoms. The molecule has 12 heteroatoms. The van der Waals surface area contributed by atoms with Crippen molar-refractivity contribution in [3.63, 3.8) is 0 Å². The molecule has 1 radical (unpaired) electrons. The van der Waals surface area contributed by atoms with Crippen LogP contribution in [-0.2, 0) is 27.9 Å². The van der Waals surface area contributed by atoms with Crippen molar-refractivity contribution in [1.82, 2.24) is 0 Å². The van der Waals surface area contributed by atoms with E-state index in [9.17, 15) is 35.4 Å². The van der Waals surface area contributed by atoms with Crippen molar-refractivity contribution >= 4 is 20.2 Å². The molecule has 0 saturated carbocycles. The van der Waals surface area contributed by atoms with Gasteiger partial charge >= 0.3 is 33.0 Å². The number of phenolic OH excluding ortho intramolecular Hbond substituents is 2. The van der Waals surface area contributed by atoms with Gasteiger partial charge in [-0.25, -0.2) is 0 Å². The van der Waals surface area contributed by atoms with Gasteiger partial charge in [-0.3, -0.25) is 9.98 Å². The summed E-state index contributed by atoms with van der Waals surface area (Å²) in [4.78, 5) is 10.1. The van der Waals surface area contributed by atoms with E-state index in [1.54, 1.807) is 12.4 Å². The van der Waals surface area contributed by atoms with Crippen LogP contribution in [0.3, 0.4) is 0 Å². The first-order chi connectivity index (χ1) is 21.4. The number of aliphatic imine (C=N–C) groups is 2. The van der Waals surface area contributed by atoms with E-state index in [0.29, 0.717) is 11.1 Å². The topological polar surface area (TPSA) is 65.2 Å². The van der Waals surface area contributed by atoms with Gasteiger partial charge in [0.15, 0.2) is 0 Å². The third-order valence-corrected chi connectivity index (χ3v) is 7.08. The van der Waals surface area contributed by atoms with E-state index in [2.05, 4.69) is 65.8 Å². The van der Waals surface area contributed by atoms with Gasteiger partial charge in [-0.05, 0) is 45.2 Å². The van der Waals surface area contributed by atoms with Crippen LogP contribution in [0.1, 0.15) is 87.0 Å². The molecular formula is C36H40F6MnN2O2P-. The number of nitrogens with zero attached hydrogens (tertiary/aromatic N) is 2. The predicted octanol–water partition coefficient (Wildman–Crippen LogP) is 12.1. The van der Waals surface area contributed by atoms with E-state index >= 15 is 0 Å². The fraction of sp³-hybridized carbons (Fsp3) is 0.278. The van der Waals surface area contributed by atoms with E-state index in [1.807, 2.05) is 72.8 Å². The SMILES string of the molecule is CC(C)(C)c1cccc(C=N[C@H](c2ccccc2)[C@H](N=Cc2cccc(C(C)(C)C)c2O)c2ccccc2)c1O.F[P-](F)(F)(F)(F)F.[Mn]. The molecule has 0 fully saturated rings. The molecule has 0 aliphatic rings. The fourth-order valence-corrected chi connectivity index (χ4v) is 4.86. The minimum absolute atomic E-state index is 0. The minimum Gasteiger partial charge on any atom is 0 e. The van der Waals surface area contributed by atoms with Gasteiger partial charge in [0.25, 0.3) is 0 Å². The second-order valence-corrected chi connectivity index (χ2v) is 15.1. The van der Waals surface area contributed by atoms with Crippen LogP contribution in [-0.4, -0.2) is 22.6 Å². The number of hydrogen-bond donors (Lipinski definition) is 2. The van der Waals surface area contributed by atoms with Crippen molar-refractivity contribution in [2.24, 2.45) is 9.98 Å². The molecule has 4 nitrogen and oxygen atoms in total. The summed E-state index contributed by atoms with van der Waals surface area (Å²) >= 11 is 0. The summed E-state index contributed by atoms with van der Waals surface area (Å²) in [7, 11) is -10.7. The zero-order chi connectivity index (χ0) is 35.3. The Labute approximate surface area is 288 Å². The van der Waals surface area contributed by atoms with Gasteiger partial charge in [-0.2, -0.15) is 0 Å². The summed E-state index contributed by atoms with van der Waals surface area (Å²) in [5.41, 5.74) is 4.69. The Morgan fingerprint density at radius 1 is 0.521 bits per heavy atom. The van der Waals surface area contributed by atoms with E-state index in [0.717, 1.165) is 22.3 Å². The first-order valence-electron chi connectivity index (χ1n) is 14.8. The Kier molecular flexibility index (Phi) is 12.2. The number of halogens is 6. The van der Waals surface area contributed by atoms with Gasteiger partial charge < -0.3 is 10.2 Å². The summed E-state index contributed by atoms with van der Waals surface area (Å²) < 4.78 is 59.2. The monoisotopic (exact) mass is 732 g/mol. The van der Waals surface area contributed by atoms with Gasteiger partial charge in [-0.15, -0.1) is 0 Å². The predicted molar refractivity (Wildman–Crippen MR) is 181 cm³/mol. The van der Waals surface area contributed by atoms with Crippen LogP contribution in [0, 0.1) is 0 Å². The Bertz CT molecular complexity index is 1590. The summed E-state index contributed by atoms with van der Waals surface area (Å²) in [6.07, 6.45) is 3.51. The van der Waals surface area contributed by atoms with Crippen molar-refractivity contribution in [3.8, 4) is 11.5 Å². The molecule has 2 N–H and O–H groups in total. The van der Waals surface area contributed by atoms with Gasteiger partial charge in [0.2, 0.25) is 0 Å². The van der Waals surface area contributed by atoms with Crippen LogP contribution in [0.25, 0.3) is 0 Å². The van der Waals surface area contributed by atoms with Crippen molar-refractivity contribution in [2.45, 2.75) is 64.5 Å². The van der Waals surface area contributed by atoms with Crippen molar-refractivity contribution < 1.29 is 52.5 Å². The molecule has 0 heterocycles. The van der Waals surface area contributed by atoms with Crippen molar-refractivity contribution in [1.29, 1.82) is 0 Å². The minimum atomic E-state index is -10.7. The Morgan fingerprint density at radius 2 is 0.812 bits per heavy atom. The van der Waals surface area contributed by atoms with Gasteiger partial charge in [0.1, 0.15) is 23.6 Å². The maximum absolute atomic E-state index is 11.1. The standard InChI is InChI=1S/C36H40N2O2.F6P.Mn/c1-35(2,3)29-21-13-19-27(33(29)39)23-37-31(25-15-9-7-10-16-25)32(26-17-11-8-12-18-26)38-24-28-20-14-22-30(34(28)40)36(4,5)6;1-7(2,3,4,5)6;/h7-24,31-32,39-40H,1-6H3;;/q;-1;/t31-,32-;;/m1../s1. The van der Waals surface area contributed by atoms with E-state index in [-0.39, 0.29) is 51.5 Å². The maximum Gasteiger partial charge on any atom is 0 e. The summed E-state index contributed by atoms with van der Waals surface area (Å²) in [5, 5.41) is 22.2. The van der Waals surface area contributed by atoms with E-state index in [4.69, 9.17) is 9.98 Å². The molecule has 261 valence electrons. The summed E-state index contributed by atoms with van der Waals surface area (Å²) in [6, 6.07) is 31.0. The average molecular weight is 733 g/mol. The molecule has 0 aliphatic heterocycles. The molecule has 0 saturated heterocycles. The first kappa shape index (κ1) is 40.5. The number of hydrogen-bond acceptors (Lipinski definition) is 4. The van der Waals surface area contributed by atoms with Gasteiger partial charge in [0, 0.05) is 40.6 Å². The molecule has 0 unspecified atom stereocenters. The van der Waals surface area contributed by atoms with Gasteiger partial charge in [0.05, 0.1) is 0 Å².